The van der Waals surface area contributed by atoms with Gasteiger partial charge in [0.05, 0.1) is 13.2 Å². The minimum Gasteiger partial charge on any atom is -0.469 e. The number of urea groups is 1. The van der Waals surface area contributed by atoms with Crippen molar-refractivity contribution in [1.29, 1.82) is 0 Å². The van der Waals surface area contributed by atoms with Crippen LogP contribution in [0.3, 0.4) is 0 Å². The van der Waals surface area contributed by atoms with Crippen molar-refractivity contribution < 1.29 is 18.7 Å². The van der Waals surface area contributed by atoms with E-state index in [4.69, 9.17) is 10.5 Å². The van der Waals surface area contributed by atoms with Gasteiger partial charge in [-0.3, -0.25) is 14.6 Å². The fraction of sp³-hybridized carbons (Fsp3) is 0.300. The second kappa shape index (κ2) is 8.18. The van der Waals surface area contributed by atoms with Crippen LogP contribution in [0.25, 0.3) is 0 Å². The predicted molar refractivity (Wildman–Crippen MR) is 101 cm³/mol. The third-order valence-corrected chi connectivity index (χ3v) is 4.71. The fourth-order valence-corrected chi connectivity index (χ4v) is 3.26. The van der Waals surface area contributed by atoms with Crippen molar-refractivity contribution >= 4 is 23.4 Å². The van der Waals surface area contributed by atoms with Gasteiger partial charge in [0.25, 0.3) is 0 Å². The number of anilines is 2. The van der Waals surface area contributed by atoms with Crippen molar-refractivity contribution in [3.05, 3.63) is 59.9 Å². The summed E-state index contributed by atoms with van der Waals surface area (Å²) < 4.78 is 18.9. The zero-order valence-electron chi connectivity index (χ0n) is 15.1. The lowest BCUT2D eigenvalue weighted by Crippen LogP contribution is -2.35. The van der Waals surface area contributed by atoms with E-state index in [-0.39, 0.29) is 31.0 Å². The maximum Gasteiger partial charge on any atom is 0.329 e. The Kier molecular flexibility index (Phi) is 5.71. The molecule has 6 nitrogen and oxygen atoms in total. The van der Waals surface area contributed by atoms with Crippen LogP contribution in [0.1, 0.15) is 18.4 Å². The van der Waals surface area contributed by atoms with Crippen LogP contribution in [0.2, 0.25) is 0 Å². The van der Waals surface area contributed by atoms with Gasteiger partial charge in [-0.1, -0.05) is 24.3 Å². The van der Waals surface area contributed by atoms with E-state index in [0.717, 1.165) is 5.69 Å². The van der Waals surface area contributed by atoms with Crippen molar-refractivity contribution in [2.75, 3.05) is 23.5 Å². The highest BCUT2D eigenvalue weighted by Gasteiger charge is 2.39. The highest BCUT2D eigenvalue weighted by atomic mass is 19.1. The number of benzene rings is 2. The zero-order chi connectivity index (χ0) is 19.4. The molecule has 0 radical (unpaired) electrons. The maximum atomic E-state index is 14.2. The number of hydrogen-bond donors (Lipinski definition) is 1. The molecule has 2 aromatic carbocycles. The fourth-order valence-electron chi connectivity index (χ4n) is 3.26. The summed E-state index contributed by atoms with van der Waals surface area (Å²) in [6.07, 6.45) is 0.652. The highest BCUT2D eigenvalue weighted by Crippen LogP contribution is 2.31. The molecule has 2 amide bonds. The molecule has 7 heteroatoms. The van der Waals surface area contributed by atoms with Gasteiger partial charge in [0, 0.05) is 36.4 Å². The summed E-state index contributed by atoms with van der Waals surface area (Å²) in [6.45, 7) is 0.449. The Bertz CT molecular complexity index is 828. The van der Waals surface area contributed by atoms with E-state index in [9.17, 15) is 14.0 Å². The summed E-state index contributed by atoms with van der Waals surface area (Å²) in [5, 5.41) is 0. The number of esters is 1. The summed E-state index contributed by atoms with van der Waals surface area (Å²) in [4.78, 5) is 27.8. The first-order valence-electron chi connectivity index (χ1n) is 8.76. The molecule has 1 atom stereocenters. The summed E-state index contributed by atoms with van der Waals surface area (Å²) in [5.74, 6) is -0.765. The van der Waals surface area contributed by atoms with Crippen LogP contribution >= 0.6 is 0 Å². The van der Waals surface area contributed by atoms with Gasteiger partial charge in [-0.05, 0) is 30.7 Å². The molecule has 3 rings (SSSR count). The first-order valence-corrected chi connectivity index (χ1v) is 8.76. The molecule has 2 N–H and O–H groups in total. The molecule has 0 aliphatic carbocycles. The molecule has 0 aromatic heterocycles. The van der Waals surface area contributed by atoms with Crippen molar-refractivity contribution in [2.45, 2.75) is 25.4 Å². The van der Waals surface area contributed by atoms with Gasteiger partial charge >= 0.3 is 12.0 Å². The normalized spacial score (nSPS) is 16.7. The van der Waals surface area contributed by atoms with E-state index >= 15 is 0 Å². The smallest absolute Gasteiger partial charge is 0.329 e. The van der Waals surface area contributed by atoms with Crippen molar-refractivity contribution in [2.24, 2.45) is 5.73 Å². The lowest BCUT2D eigenvalue weighted by molar-refractivity contribution is -0.140. The van der Waals surface area contributed by atoms with Gasteiger partial charge in [0.2, 0.25) is 0 Å². The van der Waals surface area contributed by atoms with E-state index in [0.29, 0.717) is 24.2 Å². The van der Waals surface area contributed by atoms with Crippen molar-refractivity contribution in [3.8, 4) is 0 Å². The molecule has 0 spiro atoms. The SMILES string of the molecule is COC(=O)CCC1CN(c2ccc(CN)c(F)c2)C(=O)N1c1ccccc1. The number of carbonyl (C=O) groups excluding carboxylic acids is 2. The van der Waals surface area contributed by atoms with Crippen LogP contribution in [0.4, 0.5) is 20.6 Å². The number of ether oxygens (including phenoxy) is 1. The van der Waals surface area contributed by atoms with E-state index in [1.807, 2.05) is 30.3 Å². The molecule has 1 aliphatic heterocycles. The van der Waals surface area contributed by atoms with Gasteiger partial charge in [-0.2, -0.15) is 0 Å². The number of methoxy groups -OCH3 is 1. The second-order valence-electron chi connectivity index (χ2n) is 6.35. The largest absolute Gasteiger partial charge is 0.469 e. The lowest BCUT2D eigenvalue weighted by atomic mass is 10.1. The molecule has 1 fully saturated rings. The molecule has 1 heterocycles. The minimum absolute atomic E-state index is 0.0952. The third kappa shape index (κ3) is 3.93. The number of nitrogens with two attached hydrogens (primary N) is 1. The first-order chi connectivity index (χ1) is 13.0. The van der Waals surface area contributed by atoms with Crippen molar-refractivity contribution in [1.82, 2.24) is 0 Å². The van der Waals surface area contributed by atoms with Crippen LogP contribution in [-0.4, -0.2) is 31.7 Å². The summed E-state index contributed by atoms with van der Waals surface area (Å²) in [7, 11) is 1.34. The van der Waals surface area contributed by atoms with Gasteiger partial charge < -0.3 is 10.5 Å². The Balaban J connectivity index is 1.90. The number of nitrogens with zero attached hydrogens (tertiary/aromatic N) is 2. The summed E-state index contributed by atoms with van der Waals surface area (Å²) in [6, 6.07) is 13.4. The van der Waals surface area contributed by atoms with E-state index in [1.165, 1.54) is 18.1 Å². The average Bonchev–Trinajstić information content (AvgIpc) is 3.02. The maximum absolute atomic E-state index is 14.2. The lowest BCUT2D eigenvalue weighted by Gasteiger charge is -2.23. The van der Waals surface area contributed by atoms with Gasteiger partial charge in [0.1, 0.15) is 5.82 Å². The molecular weight excluding hydrogens is 349 g/mol. The Labute approximate surface area is 157 Å². The Morgan fingerprint density at radius 2 is 1.96 bits per heavy atom. The summed E-state index contributed by atoms with van der Waals surface area (Å²) >= 11 is 0. The van der Waals surface area contributed by atoms with Crippen molar-refractivity contribution in [3.63, 3.8) is 0 Å². The van der Waals surface area contributed by atoms with E-state index in [2.05, 4.69) is 0 Å². The van der Waals surface area contributed by atoms with Crippen LogP contribution in [-0.2, 0) is 16.1 Å². The molecule has 0 bridgehead atoms. The molecule has 1 aliphatic rings. The zero-order valence-corrected chi connectivity index (χ0v) is 15.1. The number of para-hydroxylation sites is 1. The standard InChI is InChI=1S/C20H22FN3O3/c1-27-19(25)10-9-17-13-23(16-8-7-14(12-22)18(21)11-16)20(26)24(17)15-5-3-2-4-6-15/h2-8,11,17H,9-10,12-13,22H2,1H3. The Morgan fingerprint density at radius 3 is 2.59 bits per heavy atom. The quantitative estimate of drug-likeness (QED) is 0.792. The van der Waals surface area contributed by atoms with E-state index < -0.39 is 5.82 Å². The first kappa shape index (κ1) is 18.8. The van der Waals surface area contributed by atoms with E-state index in [1.54, 1.807) is 17.0 Å². The van der Waals surface area contributed by atoms with Crippen LogP contribution in [0, 0.1) is 5.82 Å². The molecule has 1 saturated heterocycles. The van der Waals surface area contributed by atoms with Crippen LogP contribution in [0.5, 0.6) is 0 Å². The monoisotopic (exact) mass is 371 g/mol. The molecule has 1 unspecified atom stereocenters. The molecule has 0 saturated carbocycles. The topological polar surface area (TPSA) is 75.9 Å². The molecule has 142 valence electrons. The predicted octanol–water partition coefficient (Wildman–Crippen LogP) is 3.05. The molecule has 27 heavy (non-hydrogen) atoms. The van der Waals surface area contributed by atoms with Gasteiger partial charge in [-0.25, -0.2) is 9.18 Å². The minimum atomic E-state index is -0.438. The van der Waals surface area contributed by atoms with Crippen LogP contribution < -0.4 is 15.5 Å². The van der Waals surface area contributed by atoms with Gasteiger partial charge in [-0.15, -0.1) is 0 Å². The Hall–Kier alpha value is -2.93. The molecular formula is C20H22FN3O3. The number of carbonyl (C=O) groups is 2. The van der Waals surface area contributed by atoms with Crippen LogP contribution in [0.15, 0.2) is 48.5 Å². The number of hydrogen-bond acceptors (Lipinski definition) is 4. The average molecular weight is 371 g/mol. The Morgan fingerprint density at radius 1 is 1.22 bits per heavy atom. The summed E-state index contributed by atoms with van der Waals surface area (Å²) in [5.41, 5.74) is 7.11. The number of halogens is 1. The third-order valence-electron chi connectivity index (χ3n) is 4.71. The highest BCUT2D eigenvalue weighted by molar-refractivity contribution is 6.06. The second-order valence-corrected chi connectivity index (χ2v) is 6.35. The number of amides is 2. The molecule has 2 aromatic rings. The number of rotatable bonds is 6. The van der Waals surface area contributed by atoms with Gasteiger partial charge in [0.15, 0.2) is 0 Å².